The number of aliphatic hydroxyl groups is 1. The summed E-state index contributed by atoms with van der Waals surface area (Å²) in [5, 5.41) is 11.2. The highest BCUT2D eigenvalue weighted by atomic mass is 16.5. The van der Waals surface area contributed by atoms with Crippen LogP contribution in [-0.4, -0.2) is 35.2 Å². The number of ether oxygens (including phenoxy) is 1. The fraction of sp³-hybridized carbons (Fsp3) is 0.667. The summed E-state index contributed by atoms with van der Waals surface area (Å²) in [4.78, 5) is 2.44. The zero-order valence-corrected chi connectivity index (χ0v) is 13.6. The molecule has 0 radical (unpaired) electrons. The van der Waals surface area contributed by atoms with Gasteiger partial charge in [-0.3, -0.25) is 4.90 Å². The average Bonchev–Trinajstić information content (AvgIpc) is 2.99. The average molecular weight is 291 g/mol. The molecular weight excluding hydrogens is 262 g/mol. The van der Waals surface area contributed by atoms with Crippen LogP contribution in [0.5, 0.6) is 5.75 Å². The minimum atomic E-state index is -0.484. The van der Waals surface area contributed by atoms with E-state index in [9.17, 15) is 5.11 Å². The van der Waals surface area contributed by atoms with Gasteiger partial charge in [0.05, 0.1) is 12.1 Å². The Morgan fingerprint density at radius 3 is 2.33 bits per heavy atom. The van der Waals surface area contributed by atoms with Crippen LogP contribution in [0.25, 0.3) is 0 Å². The van der Waals surface area contributed by atoms with Gasteiger partial charge in [0.15, 0.2) is 0 Å². The third-order valence-electron chi connectivity index (χ3n) is 4.89. The normalized spacial score (nSPS) is 18.9. The third-order valence-corrected chi connectivity index (χ3v) is 4.89. The van der Waals surface area contributed by atoms with Crippen LogP contribution < -0.4 is 4.74 Å². The van der Waals surface area contributed by atoms with E-state index in [4.69, 9.17) is 4.74 Å². The Hall–Kier alpha value is -1.06. The van der Waals surface area contributed by atoms with Crippen molar-refractivity contribution in [2.45, 2.75) is 58.1 Å². The van der Waals surface area contributed by atoms with E-state index in [1.165, 1.54) is 12.8 Å². The van der Waals surface area contributed by atoms with Crippen LogP contribution in [0.4, 0.5) is 0 Å². The van der Waals surface area contributed by atoms with Crippen molar-refractivity contribution in [2.75, 3.05) is 19.7 Å². The van der Waals surface area contributed by atoms with Gasteiger partial charge in [0.1, 0.15) is 11.9 Å². The molecule has 0 aliphatic heterocycles. The van der Waals surface area contributed by atoms with Crippen molar-refractivity contribution in [3.63, 3.8) is 0 Å². The topological polar surface area (TPSA) is 32.7 Å². The van der Waals surface area contributed by atoms with Crippen molar-refractivity contribution in [2.24, 2.45) is 0 Å². The predicted molar refractivity (Wildman–Crippen MR) is 86.7 cm³/mol. The molecule has 1 aliphatic carbocycles. The van der Waals surface area contributed by atoms with Crippen molar-refractivity contribution < 1.29 is 9.84 Å². The monoisotopic (exact) mass is 291 g/mol. The van der Waals surface area contributed by atoms with Crippen LogP contribution >= 0.6 is 0 Å². The van der Waals surface area contributed by atoms with Crippen molar-refractivity contribution in [1.29, 1.82) is 0 Å². The van der Waals surface area contributed by atoms with Crippen LogP contribution in [0.1, 0.15) is 58.1 Å². The van der Waals surface area contributed by atoms with Gasteiger partial charge in [-0.15, -0.1) is 0 Å². The number of rotatable bonds is 7. The number of para-hydroxylation sites is 1. The Bertz CT molecular complexity index is 437. The minimum absolute atomic E-state index is 0.128. The van der Waals surface area contributed by atoms with Crippen molar-refractivity contribution >= 4 is 0 Å². The second-order valence-corrected chi connectivity index (χ2v) is 5.86. The maximum absolute atomic E-state index is 11.2. The molecule has 1 unspecified atom stereocenters. The number of aliphatic hydroxyl groups excluding tert-OH is 1. The van der Waals surface area contributed by atoms with Crippen molar-refractivity contribution in [1.82, 2.24) is 4.90 Å². The second-order valence-electron chi connectivity index (χ2n) is 5.86. The van der Waals surface area contributed by atoms with Crippen LogP contribution in [0, 0.1) is 0 Å². The largest absolute Gasteiger partial charge is 0.493 e. The summed E-state index contributed by atoms with van der Waals surface area (Å²) in [6.07, 6.45) is 4.05. The van der Waals surface area contributed by atoms with E-state index in [2.05, 4.69) is 18.7 Å². The summed E-state index contributed by atoms with van der Waals surface area (Å²) in [5.41, 5.74) is 0.810. The third kappa shape index (κ3) is 3.09. The predicted octanol–water partition coefficient (Wildman–Crippen LogP) is 3.77. The number of benzene rings is 1. The molecule has 2 rings (SSSR count). The maximum atomic E-state index is 11.2. The molecule has 1 aromatic carbocycles. The molecule has 21 heavy (non-hydrogen) atoms. The standard InChI is InChI=1S/C18H29NO2/c1-4-19(5-2)18(13-9-10-14-18)17(20)15-11-7-8-12-16(15)21-6-3/h7-8,11-12,17,20H,4-6,9-10,13-14H2,1-3H3. The first kappa shape index (κ1) is 16.3. The molecule has 0 saturated heterocycles. The first-order valence-corrected chi connectivity index (χ1v) is 8.34. The molecule has 0 spiro atoms. The highest BCUT2D eigenvalue weighted by molar-refractivity contribution is 5.37. The fourth-order valence-electron chi connectivity index (χ4n) is 3.89. The van der Waals surface area contributed by atoms with Crippen molar-refractivity contribution in [3.05, 3.63) is 29.8 Å². The first-order valence-electron chi connectivity index (χ1n) is 8.34. The first-order chi connectivity index (χ1) is 10.2. The summed E-state index contributed by atoms with van der Waals surface area (Å²) < 4.78 is 5.73. The highest BCUT2D eigenvalue weighted by Gasteiger charge is 2.45. The second kappa shape index (κ2) is 7.28. The van der Waals surface area contributed by atoms with E-state index < -0.39 is 6.10 Å². The van der Waals surface area contributed by atoms with E-state index in [1.54, 1.807) is 0 Å². The van der Waals surface area contributed by atoms with Crippen LogP contribution in [0.3, 0.4) is 0 Å². The van der Waals surface area contributed by atoms with Gasteiger partial charge in [-0.2, -0.15) is 0 Å². The van der Waals surface area contributed by atoms with Gasteiger partial charge in [-0.25, -0.2) is 0 Å². The Kier molecular flexibility index (Phi) is 5.65. The lowest BCUT2D eigenvalue weighted by Gasteiger charge is -2.44. The number of hydrogen-bond acceptors (Lipinski definition) is 3. The molecule has 0 heterocycles. The van der Waals surface area contributed by atoms with Crippen LogP contribution in [0.2, 0.25) is 0 Å². The zero-order valence-electron chi connectivity index (χ0n) is 13.6. The van der Waals surface area contributed by atoms with E-state index in [0.29, 0.717) is 6.61 Å². The van der Waals surface area contributed by atoms with E-state index in [1.807, 2.05) is 31.2 Å². The van der Waals surface area contributed by atoms with Crippen molar-refractivity contribution in [3.8, 4) is 5.75 Å². The van der Waals surface area contributed by atoms with Gasteiger partial charge in [0.25, 0.3) is 0 Å². The molecule has 3 heteroatoms. The fourth-order valence-corrected chi connectivity index (χ4v) is 3.89. The van der Waals surface area contributed by atoms with Crippen LogP contribution in [0.15, 0.2) is 24.3 Å². The summed E-state index contributed by atoms with van der Waals surface area (Å²) in [5.74, 6) is 0.825. The maximum Gasteiger partial charge on any atom is 0.125 e. The SMILES string of the molecule is CCOc1ccccc1C(O)C1(N(CC)CC)CCCC1. The molecule has 1 aliphatic rings. The molecule has 0 amide bonds. The molecule has 1 N–H and O–H groups in total. The van der Waals surface area contributed by atoms with Gasteiger partial charge < -0.3 is 9.84 Å². The lowest BCUT2D eigenvalue weighted by Crippen LogP contribution is -2.51. The molecule has 1 aromatic rings. The molecule has 118 valence electrons. The number of nitrogens with zero attached hydrogens (tertiary/aromatic N) is 1. The lowest BCUT2D eigenvalue weighted by molar-refractivity contribution is -0.0280. The van der Waals surface area contributed by atoms with Gasteiger partial charge in [-0.1, -0.05) is 44.9 Å². The Balaban J connectivity index is 2.37. The molecule has 1 saturated carbocycles. The molecular formula is C18H29NO2. The Morgan fingerprint density at radius 2 is 1.76 bits per heavy atom. The summed E-state index contributed by atoms with van der Waals surface area (Å²) >= 11 is 0. The number of likely N-dealkylation sites (N-methyl/N-ethyl adjacent to an activating group) is 1. The Morgan fingerprint density at radius 1 is 1.14 bits per heavy atom. The summed E-state index contributed by atoms with van der Waals surface area (Å²) in [6, 6.07) is 7.94. The Labute approximate surface area is 128 Å². The molecule has 1 fully saturated rings. The molecule has 1 atom stereocenters. The van der Waals surface area contributed by atoms with E-state index >= 15 is 0 Å². The van der Waals surface area contributed by atoms with Gasteiger partial charge >= 0.3 is 0 Å². The van der Waals surface area contributed by atoms with Crippen LogP contribution in [-0.2, 0) is 0 Å². The summed E-state index contributed by atoms with van der Waals surface area (Å²) in [6.45, 7) is 8.94. The smallest absolute Gasteiger partial charge is 0.125 e. The van der Waals surface area contributed by atoms with E-state index in [-0.39, 0.29) is 5.54 Å². The van der Waals surface area contributed by atoms with Gasteiger partial charge in [0, 0.05) is 5.56 Å². The van der Waals surface area contributed by atoms with Gasteiger partial charge in [-0.05, 0) is 38.9 Å². The van der Waals surface area contributed by atoms with Gasteiger partial charge in [0.2, 0.25) is 0 Å². The van der Waals surface area contributed by atoms with E-state index in [0.717, 1.165) is 37.2 Å². The number of hydrogen-bond donors (Lipinski definition) is 1. The molecule has 0 aromatic heterocycles. The molecule has 0 bridgehead atoms. The molecule has 3 nitrogen and oxygen atoms in total. The zero-order chi connectivity index (χ0) is 15.3. The minimum Gasteiger partial charge on any atom is -0.493 e. The summed E-state index contributed by atoms with van der Waals surface area (Å²) in [7, 11) is 0. The quantitative estimate of drug-likeness (QED) is 0.830. The lowest BCUT2D eigenvalue weighted by atomic mass is 9.83. The highest BCUT2D eigenvalue weighted by Crippen LogP contribution is 2.46.